The smallest absolute Gasteiger partial charge is 0.145 e. The standard InChI is InChI=1S/2C40H23NO.C34H19NS/c1-3-16-35-33(13-1)39-36(21-20-32-29-12-2-4-17-37(29)42-40(32)39)41(35)27-11-5-10-25(22-27)26-18-19-28-30-14-6-8-24-9-7-15-31(38(24)30)34(28)23-26;1-3-13-35-33(10-1)39-36(22-21-32-29-9-2-4-14-37(29)42-40(32)39)41(35)27-18-15-24(16-19-27)26-17-20-28-30-11-5-7-25-8-6-12-31(38(25)30)34(28)23-26;1-2-9-21-20(8-1)23-12-7-13-26-29(18-16-24(21)32(23)26)35-28-14-5-3-11-27(28)33-30(35)19-17-25-22-10-4-6-15-31(22)36-34(25)33/h2*1-23H;1-19H. The number of hydrogen-bond donors (Lipinski definition) is 0. The van der Waals surface area contributed by atoms with Gasteiger partial charge in [-0.25, -0.2) is 0 Å². The lowest BCUT2D eigenvalue weighted by atomic mass is 9.97. The SMILES string of the molecule is c1cc(-c2ccc3c(c2)-c2cccc4cccc-3c24)cc(-n2c3ccccc3c3c4oc5ccccc5c4ccc32)c1.c1cc2c3c(cccc3c1)-c1cc(-c3ccc(-n4c5ccccc5c5c6oc7ccccc7c6ccc54)cc3)ccc1-2.c1ccc2c(c1)-c1cccc3c(-n4c5ccccc5c5c6sc7ccccc7c6ccc54)ccc-2c13. The third-order valence-corrected chi connectivity index (χ3v) is 27.4. The first kappa shape index (κ1) is 65.6. The van der Waals surface area contributed by atoms with Crippen molar-refractivity contribution in [1.82, 2.24) is 13.7 Å². The van der Waals surface area contributed by atoms with Crippen molar-refractivity contribution in [2.45, 2.75) is 0 Å². The van der Waals surface area contributed by atoms with Crippen molar-refractivity contribution in [3.05, 3.63) is 394 Å². The minimum Gasteiger partial charge on any atom is -0.455 e. The zero-order chi connectivity index (χ0) is 78.1. The number of thiophene rings is 1. The normalized spacial score (nSPS) is 12.3. The number of benzene rings is 20. The van der Waals surface area contributed by atoms with E-state index in [1.807, 2.05) is 23.5 Å². The third-order valence-electron chi connectivity index (χ3n) is 26.2. The van der Waals surface area contributed by atoms with Crippen LogP contribution in [0.4, 0.5) is 0 Å². The van der Waals surface area contributed by atoms with Gasteiger partial charge in [0.25, 0.3) is 0 Å². The quantitative estimate of drug-likeness (QED) is 0.172. The molecule has 20 aromatic carbocycles. The zero-order valence-corrected chi connectivity index (χ0v) is 65.4. The molecule has 0 fully saturated rings. The van der Waals surface area contributed by atoms with Crippen LogP contribution in [0.2, 0.25) is 0 Å². The van der Waals surface area contributed by atoms with Crippen molar-refractivity contribution in [1.29, 1.82) is 0 Å². The lowest BCUT2D eigenvalue weighted by molar-refractivity contribution is 0.672. The first-order chi connectivity index (χ1) is 59.5. The molecular formula is C114H65N3O2S. The molecule has 0 unspecified atom stereocenters. The van der Waals surface area contributed by atoms with E-state index >= 15 is 0 Å². The Labute approximate surface area is 691 Å². The summed E-state index contributed by atoms with van der Waals surface area (Å²) in [6, 6.07) is 144. The van der Waals surface area contributed by atoms with Gasteiger partial charge in [0.15, 0.2) is 0 Å². The summed E-state index contributed by atoms with van der Waals surface area (Å²) in [5.74, 6) is 0. The molecule has 0 saturated heterocycles. The van der Waals surface area contributed by atoms with Crippen LogP contribution in [0, 0.1) is 0 Å². The van der Waals surface area contributed by atoms with E-state index < -0.39 is 0 Å². The van der Waals surface area contributed by atoms with Crippen LogP contribution in [-0.4, -0.2) is 13.7 Å². The summed E-state index contributed by atoms with van der Waals surface area (Å²) in [5, 5.41) is 22.7. The van der Waals surface area contributed by atoms with Gasteiger partial charge in [-0.05, 0) is 225 Å². The van der Waals surface area contributed by atoms with Crippen LogP contribution in [0.5, 0.6) is 0 Å². The summed E-state index contributed by atoms with van der Waals surface area (Å²) in [6.45, 7) is 0. The molecule has 0 N–H and O–H groups in total. The molecule has 3 aliphatic carbocycles. The Kier molecular flexibility index (Phi) is 13.7. The largest absolute Gasteiger partial charge is 0.455 e. The summed E-state index contributed by atoms with van der Waals surface area (Å²) in [4.78, 5) is 0. The molecule has 0 bridgehead atoms. The second-order valence-corrected chi connectivity index (χ2v) is 33.4. The Morgan fingerprint density at radius 1 is 0.192 bits per heavy atom. The Hall–Kier alpha value is -15.6. The first-order valence-corrected chi connectivity index (χ1v) is 42.1. The van der Waals surface area contributed by atoms with E-state index in [0.29, 0.717) is 0 Å². The number of para-hydroxylation sites is 5. The average Bonchev–Trinajstić information content (AvgIpc) is 1.60. The van der Waals surface area contributed by atoms with E-state index in [1.54, 1.807) is 0 Å². The molecule has 5 nitrogen and oxygen atoms in total. The number of furan rings is 2. The van der Waals surface area contributed by atoms with Gasteiger partial charge in [-0.2, -0.15) is 0 Å². The molecule has 3 aliphatic rings. The number of aromatic nitrogens is 3. The van der Waals surface area contributed by atoms with Crippen LogP contribution in [0.15, 0.2) is 403 Å². The predicted octanol–water partition coefficient (Wildman–Crippen LogP) is 32.3. The second-order valence-electron chi connectivity index (χ2n) is 32.3. The average molecular weight is 1540 g/mol. The highest BCUT2D eigenvalue weighted by Gasteiger charge is 2.29. The van der Waals surface area contributed by atoms with E-state index in [9.17, 15) is 0 Å². The summed E-state index contributed by atoms with van der Waals surface area (Å²) < 4.78 is 22.9. The van der Waals surface area contributed by atoms with Crippen molar-refractivity contribution in [3.8, 4) is 106 Å². The fourth-order valence-corrected chi connectivity index (χ4v) is 22.3. The third kappa shape index (κ3) is 9.25. The molecule has 6 heterocycles. The molecule has 120 heavy (non-hydrogen) atoms. The van der Waals surface area contributed by atoms with E-state index in [2.05, 4.69) is 396 Å². The minimum absolute atomic E-state index is 0.924. The van der Waals surface area contributed by atoms with Gasteiger partial charge in [0.05, 0.1) is 49.6 Å². The van der Waals surface area contributed by atoms with Crippen molar-refractivity contribution >= 4 is 173 Å². The van der Waals surface area contributed by atoms with Crippen molar-refractivity contribution in [2.75, 3.05) is 0 Å². The van der Waals surface area contributed by atoms with Gasteiger partial charge >= 0.3 is 0 Å². The number of hydrogen-bond acceptors (Lipinski definition) is 3. The maximum Gasteiger partial charge on any atom is 0.145 e. The molecule has 0 aliphatic heterocycles. The Morgan fingerprint density at radius 2 is 0.583 bits per heavy atom. The van der Waals surface area contributed by atoms with Crippen LogP contribution in [0.25, 0.3) is 268 Å². The monoisotopic (exact) mass is 1540 g/mol. The highest BCUT2D eigenvalue weighted by Crippen LogP contribution is 2.54. The predicted molar refractivity (Wildman–Crippen MR) is 506 cm³/mol. The summed E-state index contributed by atoms with van der Waals surface area (Å²) in [6.07, 6.45) is 0. The highest BCUT2D eigenvalue weighted by molar-refractivity contribution is 7.26. The summed E-state index contributed by atoms with van der Waals surface area (Å²) in [7, 11) is 0. The number of fused-ring (bicyclic) bond motifs is 30. The molecular weight excluding hydrogens is 1480 g/mol. The van der Waals surface area contributed by atoms with E-state index in [0.717, 1.165) is 77.1 Å². The maximum atomic E-state index is 6.50. The maximum absolute atomic E-state index is 6.50. The molecule has 6 aromatic heterocycles. The van der Waals surface area contributed by atoms with Crippen molar-refractivity contribution in [2.24, 2.45) is 0 Å². The van der Waals surface area contributed by atoms with E-state index in [4.69, 9.17) is 8.83 Å². The fourth-order valence-electron chi connectivity index (χ4n) is 21.1. The molecule has 0 radical (unpaired) electrons. The van der Waals surface area contributed by atoms with Crippen molar-refractivity contribution < 1.29 is 8.83 Å². The van der Waals surface area contributed by atoms with Crippen LogP contribution < -0.4 is 0 Å². The van der Waals surface area contributed by atoms with Gasteiger partial charge in [-0.15, -0.1) is 11.3 Å². The van der Waals surface area contributed by atoms with Gasteiger partial charge in [-0.3, -0.25) is 0 Å². The van der Waals surface area contributed by atoms with Crippen LogP contribution in [-0.2, 0) is 0 Å². The lowest BCUT2D eigenvalue weighted by Crippen LogP contribution is -1.95. The Morgan fingerprint density at radius 3 is 1.17 bits per heavy atom. The first-order valence-electron chi connectivity index (χ1n) is 41.3. The molecule has 554 valence electrons. The van der Waals surface area contributed by atoms with Gasteiger partial charge in [0, 0.05) is 80.0 Å². The summed E-state index contributed by atoms with van der Waals surface area (Å²) >= 11 is 1.91. The molecule has 29 rings (SSSR count). The lowest BCUT2D eigenvalue weighted by Gasteiger charge is -2.13. The molecule has 0 spiro atoms. The topological polar surface area (TPSA) is 41.1 Å². The van der Waals surface area contributed by atoms with Gasteiger partial charge in [0.2, 0.25) is 0 Å². The molecule has 0 saturated carbocycles. The Bertz CT molecular complexity index is 8960. The molecule has 0 atom stereocenters. The molecule has 6 heteroatoms. The molecule has 26 aromatic rings. The van der Waals surface area contributed by atoms with Crippen molar-refractivity contribution in [3.63, 3.8) is 0 Å². The van der Waals surface area contributed by atoms with Gasteiger partial charge in [-0.1, -0.05) is 285 Å². The number of rotatable bonds is 5. The van der Waals surface area contributed by atoms with Gasteiger partial charge < -0.3 is 22.5 Å². The summed E-state index contributed by atoms with van der Waals surface area (Å²) in [5.41, 5.74) is 35.3. The zero-order valence-electron chi connectivity index (χ0n) is 64.6. The second kappa shape index (κ2) is 25.0. The Balaban J connectivity index is 0.0000000955. The highest BCUT2D eigenvalue weighted by atomic mass is 32.1. The fraction of sp³-hybridized carbons (Fsp3) is 0. The minimum atomic E-state index is 0.924. The van der Waals surface area contributed by atoms with E-state index in [1.165, 1.54) is 191 Å². The van der Waals surface area contributed by atoms with E-state index in [-0.39, 0.29) is 0 Å². The number of nitrogens with zero attached hydrogens (tertiary/aromatic N) is 3. The molecule has 0 amide bonds. The van der Waals surface area contributed by atoms with Crippen LogP contribution in [0.1, 0.15) is 0 Å². The van der Waals surface area contributed by atoms with Gasteiger partial charge in [0.1, 0.15) is 22.3 Å². The van der Waals surface area contributed by atoms with Crippen LogP contribution >= 0.6 is 11.3 Å². The van der Waals surface area contributed by atoms with Crippen LogP contribution in [0.3, 0.4) is 0 Å².